The van der Waals surface area contributed by atoms with Crippen LogP contribution in [0.1, 0.15) is 19.4 Å². The van der Waals surface area contributed by atoms with Crippen molar-refractivity contribution in [3.8, 4) is 5.75 Å². The Balaban J connectivity index is 2.16. The maximum atomic E-state index is 11.6. The average molecular weight is 307 g/mol. The molecular formula is C16H25N3O3. The zero-order chi connectivity index (χ0) is 16.5. The molecule has 0 saturated carbocycles. The maximum Gasteiger partial charge on any atom is 0.239 e. The number of aryl methyl sites for hydroxylation is 1. The van der Waals surface area contributed by atoms with Gasteiger partial charge in [0.05, 0.1) is 19.1 Å². The van der Waals surface area contributed by atoms with Gasteiger partial charge in [0.2, 0.25) is 11.8 Å². The molecule has 0 unspecified atom stereocenters. The number of nitrogens with two attached hydrogens (primary N) is 1. The molecule has 122 valence electrons. The molecule has 2 amide bonds. The first-order valence-corrected chi connectivity index (χ1v) is 7.39. The summed E-state index contributed by atoms with van der Waals surface area (Å²) in [5.41, 5.74) is 6.84. The fraction of sp³-hybridized carbons (Fsp3) is 0.500. The summed E-state index contributed by atoms with van der Waals surface area (Å²) in [4.78, 5) is 23.2. The standard InChI is InChI=1S/C16H25N3O3/c1-11(2)15(17)16(21)19-10-14(20)18-8-9-22-13-6-4-12(3)5-7-13/h4-7,11,15H,8-10,17H2,1-3H3,(H,18,20)(H,19,21)/t15-/m0/s1. The molecule has 0 bridgehead atoms. The van der Waals surface area contributed by atoms with E-state index in [2.05, 4.69) is 10.6 Å². The summed E-state index contributed by atoms with van der Waals surface area (Å²) in [6.45, 7) is 6.37. The van der Waals surface area contributed by atoms with Crippen LogP contribution in [-0.4, -0.2) is 37.6 Å². The Kier molecular flexibility index (Phi) is 7.39. The Hall–Kier alpha value is -2.08. The summed E-state index contributed by atoms with van der Waals surface area (Å²) < 4.78 is 5.48. The lowest BCUT2D eigenvalue weighted by Gasteiger charge is -2.15. The summed E-state index contributed by atoms with van der Waals surface area (Å²) in [5.74, 6) is 0.208. The van der Waals surface area contributed by atoms with Crippen LogP contribution in [0.5, 0.6) is 5.75 Å². The van der Waals surface area contributed by atoms with Crippen molar-refractivity contribution in [2.45, 2.75) is 26.8 Å². The van der Waals surface area contributed by atoms with E-state index in [0.717, 1.165) is 11.3 Å². The minimum atomic E-state index is -0.599. The molecule has 0 spiro atoms. The van der Waals surface area contributed by atoms with Gasteiger partial charge in [-0.2, -0.15) is 0 Å². The van der Waals surface area contributed by atoms with Gasteiger partial charge < -0.3 is 21.1 Å². The van der Waals surface area contributed by atoms with Gasteiger partial charge in [0.25, 0.3) is 0 Å². The molecule has 0 radical (unpaired) electrons. The number of carbonyl (C=O) groups is 2. The highest BCUT2D eigenvalue weighted by Crippen LogP contribution is 2.10. The Morgan fingerprint density at radius 3 is 2.41 bits per heavy atom. The molecule has 0 fully saturated rings. The normalized spacial score (nSPS) is 11.9. The minimum absolute atomic E-state index is 0.0333. The number of benzene rings is 1. The zero-order valence-electron chi connectivity index (χ0n) is 13.4. The fourth-order valence-corrected chi connectivity index (χ4v) is 1.64. The van der Waals surface area contributed by atoms with Crippen LogP contribution >= 0.6 is 0 Å². The molecule has 1 aromatic rings. The van der Waals surface area contributed by atoms with E-state index in [9.17, 15) is 9.59 Å². The lowest BCUT2D eigenvalue weighted by Crippen LogP contribution is -2.47. The number of carbonyl (C=O) groups excluding carboxylic acids is 2. The van der Waals surface area contributed by atoms with Crippen LogP contribution < -0.4 is 21.1 Å². The number of ether oxygens (including phenoxy) is 1. The highest BCUT2D eigenvalue weighted by atomic mass is 16.5. The van der Waals surface area contributed by atoms with Crippen molar-refractivity contribution in [2.75, 3.05) is 19.7 Å². The van der Waals surface area contributed by atoms with Crippen LogP contribution in [0.3, 0.4) is 0 Å². The Labute approximate surface area is 131 Å². The van der Waals surface area contributed by atoms with Crippen LogP contribution in [0.2, 0.25) is 0 Å². The van der Waals surface area contributed by atoms with E-state index in [1.54, 1.807) is 0 Å². The highest BCUT2D eigenvalue weighted by molar-refractivity contribution is 5.87. The fourth-order valence-electron chi connectivity index (χ4n) is 1.64. The third-order valence-corrected chi connectivity index (χ3v) is 3.16. The summed E-state index contributed by atoms with van der Waals surface area (Å²) in [6.07, 6.45) is 0. The van der Waals surface area contributed by atoms with Gasteiger partial charge in [-0.05, 0) is 25.0 Å². The predicted octanol–water partition coefficient (Wildman–Crippen LogP) is 0.590. The van der Waals surface area contributed by atoms with Crippen molar-refractivity contribution in [1.29, 1.82) is 0 Å². The molecule has 0 aromatic heterocycles. The molecule has 1 aromatic carbocycles. The van der Waals surface area contributed by atoms with Gasteiger partial charge >= 0.3 is 0 Å². The van der Waals surface area contributed by atoms with E-state index in [1.165, 1.54) is 0 Å². The van der Waals surface area contributed by atoms with Gasteiger partial charge in [0.15, 0.2) is 0 Å². The van der Waals surface area contributed by atoms with Crippen LogP contribution in [0.25, 0.3) is 0 Å². The quantitative estimate of drug-likeness (QED) is 0.613. The second kappa shape index (κ2) is 9.04. The summed E-state index contributed by atoms with van der Waals surface area (Å²) in [5, 5.41) is 5.18. The monoisotopic (exact) mass is 307 g/mol. The van der Waals surface area contributed by atoms with Crippen molar-refractivity contribution < 1.29 is 14.3 Å². The Morgan fingerprint density at radius 1 is 1.18 bits per heavy atom. The van der Waals surface area contributed by atoms with Gasteiger partial charge in [-0.1, -0.05) is 31.5 Å². The number of rotatable bonds is 8. The average Bonchev–Trinajstić information content (AvgIpc) is 2.50. The van der Waals surface area contributed by atoms with Crippen molar-refractivity contribution in [2.24, 2.45) is 11.7 Å². The van der Waals surface area contributed by atoms with Gasteiger partial charge in [-0.3, -0.25) is 9.59 Å². The van der Waals surface area contributed by atoms with Crippen molar-refractivity contribution in [3.05, 3.63) is 29.8 Å². The van der Waals surface area contributed by atoms with Crippen molar-refractivity contribution in [1.82, 2.24) is 10.6 Å². The Morgan fingerprint density at radius 2 is 1.82 bits per heavy atom. The third-order valence-electron chi connectivity index (χ3n) is 3.16. The number of hydrogen-bond acceptors (Lipinski definition) is 4. The first-order valence-electron chi connectivity index (χ1n) is 7.39. The van der Waals surface area contributed by atoms with Crippen LogP contribution in [0.4, 0.5) is 0 Å². The van der Waals surface area contributed by atoms with E-state index < -0.39 is 6.04 Å². The molecule has 0 aliphatic carbocycles. The van der Waals surface area contributed by atoms with E-state index in [4.69, 9.17) is 10.5 Å². The van der Waals surface area contributed by atoms with E-state index >= 15 is 0 Å². The van der Waals surface area contributed by atoms with E-state index in [0.29, 0.717) is 13.2 Å². The molecular weight excluding hydrogens is 282 g/mol. The molecule has 4 N–H and O–H groups in total. The van der Waals surface area contributed by atoms with Crippen LogP contribution in [-0.2, 0) is 9.59 Å². The van der Waals surface area contributed by atoms with Gasteiger partial charge in [0, 0.05) is 0 Å². The largest absolute Gasteiger partial charge is 0.492 e. The van der Waals surface area contributed by atoms with Gasteiger partial charge in [0.1, 0.15) is 12.4 Å². The summed E-state index contributed by atoms with van der Waals surface area (Å²) in [6, 6.07) is 7.08. The highest BCUT2D eigenvalue weighted by Gasteiger charge is 2.17. The van der Waals surface area contributed by atoms with Crippen molar-refractivity contribution >= 4 is 11.8 Å². The SMILES string of the molecule is Cc1ccc(OCCNC(=O)CNC(=O)[C@@H](N)C(C)C)cc1. The summed E-state index contributed by atoms with van der Waals surface area (Å²) in [7, 11) is 0. The number of nitrogens with one attached hydrogen (secondary N) is 2. The van der Waals surface area contributed by atoms with Crippen LogP contribution in [0.15, 0.2) is 24.3 Å². The summed E-state index contributed by atoms with van der Waals surface area (Å²) >= 11 is 0. The second-order valence-electron chi connectivity index (χ2n) is 5.50. The van der Waals surface area contributed by atoms with Gasteiger partial charge in [-0.25, -0.2) is 0 Å². The minimum Gasteiger partial charge on any atom is -0.492 e. The number of hydrogen-bond donors (Lipinski definition) is 3. The molecule has 6 nitrogen and oxygen atoms in total. The lowest BCUT2D eigenvalue weighted by atomic mass is 10.1. The van der Waals surface area contributed by atoms with E-state index in [-0.39, 0.29) is 24.3 Å². The molecule has 0 aliphatic rings. The molecule has 1 atom stereocenters. The molecule has 0 saturated heterocycles. The zero-order valence-corrected chi connectivity index (χ0v) is 13.4. The van der Waals surface area contributed by atoms with Crippen molar-refractivity contribution in [3.63, 3.8) is 0 Å². The lowest BCUT2D eigenvalue weighted by molar-refractivity contribution is -0.127. The third kappa shape index (κ3) is 6.58. The molecule has 22 heavy (non-hydrogen) atoms. The molecule has 1 rings (SSSR count). The first kappa shape index (κ1) is 18.0. The second-order valence-corrected chi connectivity index (χ2v) is 5.50. The van der Waals surface area contributed by atoms with E-state index in [1.807, 2.05) is 45.0 Å². The molecule has 0 heterocycles. The molecule has 0 aliphatic heterocycles. The Bertz CT molecular complexity index is 486. The maximum absolute atomic E-state index is 11.6. The topological polar surface area (TPSA) is 93.5 Å². The first-order chi connectivity index (χ1) is 10.4. The number of amides is 2. The molecule has 6 heteroatoms. The predicted molar refractivity (Wildman–Crippen MR) is 85.5 cm³/mol. The van der Waals surface area contributed by atoms with Crippen LogP contribution in [0, 0.1) is 12.8 Å². The smallest absolute Gasteiger partial charge is 0.239 e. The van der Waals surface area contributed by atoms with Gasteiger partial charge in [-0.15, -0.1) is 0 Å².